The highest BCUT2D eigenvalue weighted by atomic mass is 14.1. The largest absolute Gasteiger partial charge is 0.103 e. The number of hydrogen-bond acceptors (Lipinski definition) is 0. The van der Waals surface area contributed by atoms with Crippen LogP contribution < -0.4 is 0 Å². The molecule has 0 amide bonds. The van der Waals surface area contributed by atoms with Crippen LogP contribution in [-0.2, 0) is 0 Å². The average molecular weight is 236 g/mol. The quantitative estimate of drug-likeness (QED) is 0.370. The van der Waals surface area contributed by atoms with E-state index < -0.39 is 0 Å². The third-order valence-corrected chi connectivity index (χ3v) is 3.40. The lowest BCUT2D eigenvalue weighted by Crippen LogP contribution is -1.97. The van der Waals surface area contributed by atoms with Gasteiger partial charge in [0.15, 0.2) is 0 Å². The summed E-state index contributed by atoms with van der Waals surface area (Å²) in [6.45, 7) is 10.8. The van der Waals surface area contributed by atoms with E-state index in [1.807, 2.05) is 0 Å². The van der Waals surface area contributed by atoms with Gasteiger partial charge in [0.2, 0.25) is 0 Å². The predicted molar refractivity (Wildman–Crippen MR) is 80.3 cm³/mol. The molecule has 1 atom stereocenters. The Morgan fingerprint density at radius 1 is 1.00 bits per heavy atom. The minimum Gasteiger partial charge on any atom is -0.103 e. The highest BCUT2D eigenvalue weighted by molar-refractivity contribution is 5.02. The van der Waals surface area contributed by atoms with Crippen molar-refractivity contribution in [3.05, 3.63) is 24.3 Å². The summed E-state index contributed by atoms with van der Waals surface area (Å²) in [7, 11) is 0. The van der Waals surface area contributed by atoms with Crippen molar-refractivity contribution in [3.8, 4) is 0 Å². The lowest BCUT2D eigenvalue weighted by molar-refractivity contribution is 0.529. The predicted octanol–water partition coefficient (Wildman–Crippen LogP) is 6.29. The zero-order valence-electron chi connectivity index (χ0n) is 12.3. The van der Waals surface area contributed by atoms with E-state index in [0.717, 1.165) is 5.92 Å². The van der Waals surface area contributed by atoms with Crippen LogP contribution in [0.1, 0.15) is 78.6 Å². The number of unbranched alkanes of at least 4 members (excludes halogenated alkanes) is 2. The summed E-state index contributed by atoms with van der Waals surface area (Å²) in [4.78, 5) is 0. The van der Waals surface area contributed by atoms with Gasteiger partial charge in [-0.15, -0.1) is 6.58 Å². The molecule has 0 aromatic heterocycles. The van der Waals surface area contributed by atoms with Crippen LogP contribution in [0.5, 0.6) is 0 Å². The Kier molecular flexibility index (Phi) is 11.6. The fraction of sp³-hybridized carbons (Fsp3) is 0.765. The van der Waals surface area contributed by atoms with Gasteiger partial charge in [0.1, 0.15) is 0 Å². The molecule has 0 N–H and O–H groups in total. The SMILES string of the molecule is C=CC(CCC)CCC(=CCCC)CCCC. The molecule has 0 aliphatic rings. The molecule has 0 heteroatoms. The second kappa shape index (κ2) is 12.0. The first kappa shape index (κ1) is 16.5. The van der Waals surface area contributed by atoms with Crippen molar-refractivity contribution in [2.45, 2.75) is 78.6 Å². The van der Waals surface area contributed by atoms with Gasteiger partial charge >= 0.3 is 0 Å². The summed E-state index contributed by atoms with van der Waals surface area (Å²) in [5.74, 6) is 0.728. The molecular weight excluding hydrogens is 204 g/mol. The van der Waals surface area contributed by atoms with Crippen molar-refractivity contribution in [3.63, 3.8) is 0 Å². The first-order valence-electron chi connectivity index (χ1n) is 7.58. The van der Waals surface area contributed by atoms with E-state index in [0.29, 0.717) is 0 Å². The molecule has 0 aliphatic heterocycles. The first-order chi connectivity index (χ1) is 8.28. The van der Waals surface area contributed by atoms with Crippen molar-refractivity contribution in [2.75, 3.05) is 0 Å². The van der Waals surface area contributed by atoms with Crippen molar-refractivity contribution in [1.82, 2.24) is 0 Å². The number of allylic oxidation sites excluding steroid dienone is 3. The molecular formula is C17H32. The van der Waals surface area contributed by atoms with Crippen LogP contribution in [0.4, 0.5) is 0 Å². The third kappa shape index (κ3) is 9.21. The van der Waals surface area contributed by atoms with E-state index in [2.05, 4.69) is 39.5 Å². The minimum atomic E-state index is 0.728. The third-order valence-electron chi connectivity index (χ3n) is 3.40. The molecule has 0 nitrogen and oxygen atoms in total. The molecule has 0 spiro atoms. The molecule has 0 saturated carbocycles. The molecule has 1 unspecified atom stereocenters. The van der Waals surface area contributed by atoms with Crippen LogP contribution in [-0.4, -0.2) is 0 Å². The molecule has 0 bridgehead atoms. The molecule has 0 saturated heterocycles. The molecule has 0 aromatic rings. The Hall–Kier alpha value is -0.520. The van der Waals surface area contributed by atoms with Crippen LogP contribution in [0.2, 0.25) is 0 Å². The molecule has 100 valence electrons. The van der Waals surface area contributed by atoms with Gasteiger partial charge in [-0.2, -0.15) is 0 Å². The van der Waals surface area contributed by atoms with Gasteiger partial charge in [-0.05, 0) is 44.4 Å². The van der Waals surface area contributed by atoms with Gasteiger partial charge in [0.25, 0.3) is 0 Å². The Labute approximate surface area is 109 Å². The Morgan fingerprint density at radius 3 is 2.29 bits per heavy atom. The van der Waals surface area contributed by atoms with Crippen LogP contribution in [0, 0.1) is 5.92 Å². The maximum Gasteiger partial charge on any atom is -0.0233 e. The summed E-state index contributed by atoms with van der Waals surface area (Å²) in [6.07, 6.45) is 16.3. The molecule has 0 radical (unpaired) electrons. The smallest absolute Gasteiger partial charge is 0.0233 e. The molecule has 0 fully saturated rings. The Balaban J connectivity index is 4.08. The fourth-order valence-electron chi connectivity index (χ4n) is 2.20. The molecule has 0 heterocycles. The minimum absolute atomic E-state index is 0.728. The van der Waals surface area contributed by atoms with E-state index in [9.17, 15) is 0 Å². The Morgan fingerprint density at radius 2 is 1.76 bits per heavy atom. The summed E-state index contributed by atoms with van der Waals surface area (Å²) in [5, 5.41) is 0. The van der Waals surface area contributed by atoms with Crippen LogP contribution in [0.25, 0.3) is 0 Å². The van der Waals surface area contributed by atoms with Gasteiger partial charge in [0.05, 0.1) is 0 Å². The maximum absolute atomic E-state index is 3.96. The van der Waals surface area contributed by atoms with Crippen LogP contribution in [0.3, 0.4) is 0 Å². The van der Waals surface area contributed by atoms with E-state index in [-0.39, 0.29) is 0 Å². The molecule has 0 aliphatic carbocycles. The van der Waals surface area contributed by atoms with E-state index in [1.165, 1.54) is 57.8 Å². The van der Waals surface area contributed by atoms with E-state index in [1.54, 1.807) is 5.57 Å². The summed E-state index contributed by atoms with van der Waals surface area (Å²) < 4.78 is 0. The van der Waals surface area contributed by atoms with Gasteiger partial charge in [-0.25, -0.2) is 0 Å². The van der Waals surface area contributed by atoms with Crippen molar-refractivity contribution < 1.29 is 0 Å². The second-order valence-corrected chi connectivity index (χ2v) is 5.08. The molecule has 0 rings (SSSR count). The highest BCUT2D eigenvalue weighted by Gasteiger charge is 2.05. The lowest BCUT2D eigenvalue weighted by Gasteiger charge is -2.13. The zero-order chi connectivity index (χ0) is 12.9. The normalized spacial score (nSPS) is 13.7. The zero-order valence-corrected chi connectivity index (χ0v) is 12.3. The second-order valence-electron chi connectivity index (χ2n) is 5.08. The first-order valence-corrected chi connectivity index (χ1v) is 7.58. The Bertz CT molecular complexity index is 200. The summed E-state index contributed by atoms with van der Waals surface area (Å²) in [5.41, 5.74) is 1.69. The average Bonchev–Trinajstić information content (AvgIpc) is 2.36. The lowest BCUT2D eigenvalue weighted by atomic mass is 9.93. The van der Waals surface area contributed by atoms with Crippen LogP contribution >= 0.6 is 0 Å². The number of rotatable bonds is 11. The van der Waals surface area contributed by atoms with Crippen molar-refractivity contribution >= 4 is 0 Å². The van der Waals surface area contributed by atoms with E-state index >= 15 is 0 Å². The summed E-state index contributed by atoms with van der Waals surface area (Å²) >= 11 is 0. The number of hydrogen-bond donors (Lipinski definition) is 0. The topological polar surface area (TPSA) is 0 Å². The van der Waals surface area contributed by atoms with Gasteiger partial charge in [0, 0.05) is 0 Å². The van der Waals surface area contributed by atoms with Crippen molar-refractivity contribution in [2.24, 2.45) is 5.92 Å². The fourth-order valence-corrected chi connectivity index (χ4v) is 2.20. The standard InChI is InChI=1S/C17H32/c1-5-9-12-17(13-10-6-2)15-14-16(8-4)11-7-3/h8,12,16H,4-7,9-11,13-15H2,1-3H3. The highest BCUT2D eigenvalue weighted by Crippen LogP contribution is 2.21. The van der Waals surface area contributed by atoms with Crippen LogP contribution in [0.15, 0.2) is 24.3 Å². The van der Waals surface area contributed by atoms with Gasteiger partial charge < -0.3 is 0 Å². The monoisotopic (exact) mass is 236 g/mol. The van der Waals surface area contributed by atoms with Gasteiger partial charge in [-0.3, -0.25) is 0 Å². The van der Waals surface area contributed by atoms with Crippen molar-refractivity contribution in [1.29, 1.82) is 0 Å². The van der Waals surface area contributed by atoms with Gasteiger partial charge in [-0.1, -0.05) is 57.8 Å². The summed E-state index contributed by atoms with van der Waals surface area (Å²) in [6, 6.07) is 0. The van der Waals surface area contributed by atoms with E-state index in [4.69, 9.17) is 0 Å². The maximum atomic E-state index is 3.96. The molecule has 17 heavy (non-hydrogen) atoms. The molecule has 0 aromatic carbocycles.